The zero-order valence-electron chi connectivity index (χ0n) is 18.5. The second-order valence-electron chi connectivity index (χ2n) is 6.93. The summed E-state index contributed by atoms with van der Waals surface area (Å²) in [6.07, 6.45) is 1.28. The smallest absolute Gasteiger partial charge is 0.871 e. The fourth-order valence-electron chi connectivity index (χ4n) is 2.79. The third-order valence-electron chi connectivity index (χ3n) is 4.57. The van der Waals surface area contributed by atoms with Crippen molar-refractivity contribution in [3.8, 4) is 16.2 Å². The molecule has 0 aliphatic carbocycles. The molecule has 12 heteroatoms. The van der Waals surface area contributed by atoms with Gasteiger partial charge in [-0.2, -0.15) is 5.10 Å². The molecule has 174 valence electrons. The maximum absolute atomic E-state index is 12.8. The summed E-state index contributed by atoms with van der Waals surface area (Å²) in [5.74, 6) is -0.975. The van der Waals surface area contributed by atoms with Crippen LogP contribution in [0, 0.1) is 0 Å². The maximum atomic E-state index is 12.8. The van der Waals surface area contributed by atoms with E-state index >= 15 is 0 Å². The van der Waals surface area contributed by atoms with Crippen molar-refractivity contribution in [1.29, 1.82) is 0 Å². The molecule has 3 rings (SSSR count). The molecule has 0 atom stereocenters. The van der Waals surface area contributed by atoms with Gasteiger partial charge in [0.2, 0.25) is 0 Å². The van der Waals surface area contributed by atoms with E-state index in [1.807, 2.05) is 0 Å². The molecule has 0 aliphatic rings. The number of carbonyl (C=O) groups excluding carboxylic acids is 2. The van der Waals surface area contributed by atoms with Gasteiger partial charge in [-0.3, -0.25) is 9.59 Å². The summed E-state index contributed by atoms with van der Waals surface area (Å²) in [4.78, 5) is 25.8. The van der Waals surface area contributed by atoms with Gasteiger partial charge in [0.1, 0.15) is 0 Å². The van der Waals surface area contributed by atoms with Crippen LogP contribution in [0.3, 0.4) is 0 Å². The second-order valence-corrected chi connectivity index (χ2v) is 9.70. The summed E-state index contributed by atoms with van der Waals surface area (Å²) in [5, 5.41) is 30.8. The molecule has 3 aromatic rings. The van der Waals surface area contributed by atoms with Gasteiger partial charge in [-0.25, -0.2) is 5.43 Å². The number of halogens is 2. The van der Waals surface area contributed by atoms with E-state index < -0.39 is 5.91 Å². The molecule has 0 bridgehead atoms. The molecule has 0 saturated carbocycles. The Morgan fingerprint density at radius 1 is 1.09 bits per heavy atom. The van der Waals surface area contributed by atoms with Crippen LogP contribution in [0.25, 0.3) is 10.4 Å². The summed E-state index contributed by atoms with van der Waals surface area (Å²) < 4.78 is 0. The second kappa shape index (κ2) is 14.1. The molecule has 7 nitrogen and oxygen atoms in total. The van der Waals surface area contributed by atoms with E-state index in [0.29, 0.717) is 60.9 Å². The number of hydrogen-bond acceptors (Lipinski definition) is 7. The minimum absolute atomic E-state index is 0. The molecule has 34 heavy (non-hydrogen) atoms. The Bertz CT molecular complexity index is 1200. The van der Waals surface area contributed by atoms with Crippen LogP contribution in [0.4, 0.5) is 0 Å². The first kappa shape index (κ1) is 29.4. The van der Waals surface area contributed by atoms with Crippen LogP contribution in [0.5, 0.6) is 5.75 Å². The average Bonchev–Trinajstić information content (AvgIpc) is 3.44. The first-order valence-electron chi connectivity index (χ1n) is 9.89. The largest absolute Gasteiger partial charge is 1.00 e. The first-order valence-corrected chi connectivity index (χ1v) is 12.3. The number of rotatable bonds is 9. The van der Waals surface area contributed by atoms with Crippen LogP contribution in [-0.2, 0) is 0 Å². The van der Waals surface area contributed by atoms with Gasteiger partial charge in [-0.1, -0.05) is 35.0 Å². The van der Waals surface area contributed by atoms with Crippen molar-refractivity contribution in [2.24, 2.45) is 5.10 Å². The number of nitrogens with zero attached hydrogens (tertiary/aromatic N) is 1. The Morgan fingerprint density at radius 3 is 2.47 bits per heavy atom. The van der Waals surface area contributed by atoms with Gasteiger partial charge in [-0.15, -0.1) is 22.7 Å². The Labute approximate surface area is 257 Å². The Morgan fingerprint density at radius 2 is 1.79 bits per heavy atom. The van der Waals surface area contributed by atoms with Crippen LogP contribution in [0.2, 0.25) is 10.0 Å². The van der Waals surface area contributed by atoms with Crippen molar-refractivity contribution in [2.45, 2.75) is 19.8 Å². The van der Waals surface area contributed by atoms with Crippen LogP contribution >= 0.6 is 45.9 Å². The van der Waals surface area contributed by atoms with E-state index in [1.54, 1.807) is 42.6 Å². The van der Waals surface area contributed by atoms with Gasteiger partial charge >= 0.3 is 51.4 Å². The molecule has 0 aliphatic heterocycles. The topological polar surface area (TPSA) is 114 Å². The van der Waals surface area contributed by atoms with Crippen LogP contribution in [0.15, 0.2) is 40.8 Å². The molecule has 2 aromatic heterocycles. The minimum Gasteiger partial charge on any atom is -0.871 e. The number of carbonyl (C=O) groups is 2. The van der Waals surface area contributed by atoms with Crippen molar-refractivity contribution in [2.75, 3.05) is 13.2 Å². The standard InChI is InChI=1S/C22H21Cl2N3O4S2.K/c1-12(14-11-32-20(19(14)29)13-4-5-15(23)16(24)10-13)26-27-22(31)18-7-6-17(33-18)21(30)25-8-2-3-9-28;/h4-7,10-11,28-29H,2-3,8-9H2,1H3,(H,25,30)(H,27,31);/q;+1/p-1/b26-12+;. The molecule has 0 fully saturated rings. The van der Waals surface area contributed by atoms with E-state index in [-0.39, 0.29) is 69.6 Å². The molecule has 0 saturated heterocycles. The van der Waals surface area contributed by atoms with E-state index in [0.717, 1.165) is 11.3 Å². The third kappa shape index (κ3) is 7.60. The van der Waals surface area contributed by atoms with Gasteiger partial charge in [-0.05, 0) is 55.0 Å². The molecular weight excluding hydrogens is 544 g/mol. The van der Waals surface area contributed by atoms with Gasteiger partial charge in [0.05, 0.1) is 25.5 Å². The molecule has 0 unspecified atom stereocenters. The number of benzene rings is 1. The minimum atomic E-state index is -0.480. The van der Waals surface area contributed by atoms with E-state index in [1.165, 1.54) is 11.3 Å². The van der Waals surface area contributed by atoms with Gasteiger partial charge in [0.15, 0.2) is 0 Å². The Balaban J connectivity index is 0.00000408. The number of aliphatic hydroxyl groups excluding tert-OH is 1. The number of hydrogen-bond donors (Lipinski definition) is 3. The summed E-state index contributed by atoms with van der Waals surface area (Å²) in [6, 6.07) is 8.09. The number of hydrazone groups is 1. The van der Waals surface area contributed by atoms with Gasteiger partial charge < -0.3 is 15.5 Å². The Kier molecular flexibility index (Phi) is 12.2. The van der Waals surface area contributed by atoms with E-state index in [4.69, 9.17) is 28.3 Å². The van der Waals surface area contributed by atoms with Crippen molar-refractivity contribution < 1.29 is 71.2 Å². The summed E-state index contributed by atoms with van der Waals surface area (Å²) in [5.41, 5.74) is 3.81. The van der Waals surface area contributed by atoms with Crippen LogP contribution in [0.1, 0.15) is 44.7 Å². The summed E-state index contributed by atoms with van der Waals surface area (Å²) in [7, 11) is 0. The third-order valence-corrected chi connectivity index (χ3v) is 7.40. The first-order chi connectivity index (χ1) is 15.8. The zero-order valence-corrected chi connectivity index (χ0v) is 24.8. The van der Waals surface area contributed by atoms with Crippen LogP contribution < -0.4 is 67.2 Å². The fraction of sp³-hybridized carbons (Fsp3) is 0.227. The van der Waals surface area contributed by atoms with Gasteiger partial charge in [0.25, 0.3) is 11.8 Å². The van der Waals surface area contributed by atoms with Crippen molar-refractivity contribution >= 4 is 63.4 Å². The molecule has 3 N–H and O–H groups in total. The zero-order chi connectivity index (χ0) is 24.0. The normalized spacial score (nSPS) is 11.1. The average molecular weight is 565 g/mol. The number of amides is 2. The number of unbranched alkanes of at least 4 members (excludes halogenated alkanes) is 1. The summed E-state index contributed by atoms with van der Waals surface area (Å²) >= 11 is 14.3. The number of thiophene rings is 2. The molecule has 2 heterocycles. The fourth-order valence-corrected chi connectivity index (χ4v) is 4.89. The maximum Gasteiger partial charge on any atom is 1.00 e. The molecule has 2 amide bonds. The predicted molar refractivity (Wildman–Crippen MR) is 132 cm³/mol. The Hall–Kier alpha value is -0.794. The van der Waals surface area contributed by atoms with E-state index in [9.17, 15) is 14.7 Å². The molecular formula is C22H20Cl2KN3O4S2. The van der Waals surface area contributed by atoms with Gasteiger partial charge in [0, 0.05) is 23.6 Å². The molecule has 0 spiro atoms. The van der Waals surface area contributed by atoms with E-state index in [2.05, 4.69) is 15.8 Å². The SMILES string of the molecule is C/C(=N\NC(=O)c1ccc(C(=O)NCCCCO)s1)c1csc(-c2ccc(Cl)c(Cl)c2)c1[O-].[K+]. The number of nitrogens with one attached hydrogen (secondary N) is 2. The molecule has 0 radical (unpaired) electrons. The summed E-state index contributed by atoms with van der Waals surface area (Å²) in [6.45, 7) is 2.15. The van der Waals surface area contributed by atoms with Crippen molar-refractivity contribution in [1.82, 2.24) is 10.7 Å². The van der Waals surface area contributed by atoms with Crippen molar-refractivity contribution in [3.63, 3.8) is 0 Å². The monoisotopic (exact) mass is 563 g/mol. The number of aliphatic hydroxyl groups is 1. The van der Waals surface area contributed by atoms with Crippen molar-refractivity contribution in [3.05, 3.63) is 61.1 Å². The molecule has 1 aromatic carbocycles. The van der Waals surface area contributed by atoms with Crippen LogP contribution in [-0.4, -0.2) is 35.8 Å². The quantitative estimate of drug-likeness (QED) is 0.158. The predicted octanol–water partition coefficient (Wildman–Crippen LogP) is 1.52.